The van der Waals surface area contributed by atoms with Crippen molar-refractivity contribution >= 4 is 45.5 Å². The Morgan fingerprint density at radius 1 is 0.957 bits per heavy atom. The molecule has 5 rings (SSSR count). The number of aryl methyl sites for hydroxylation is 1. The number of rotatable bonds is 1. The second-order valence-corrected chi connectivity index (χ2v) is 6.02. The molecule has 3 heterocycles. The van der Waals surface area contributed by atoms with Crippen LogP contribution in [0.2, 0.25) is 0 Å². The predicted octanol–water partition coefficient (Wildman–Crippen LogP) is 4.44. The van der Waals surface area contributed by atoms with Crippen molar-refractivity contribution in [1.82, 2.24) is 0 Å². The van der Waals surface area contributed by atoms with Crippen LogP contribution >= 0.6 is 0 Å². The second kappa shape index (κ2) is 4.32. The Bertz CT molecular complexity index is 1140. The Balaban J connectivity index is 1.92. The summed E-state index contributed by atoms with van der Waals surface area (Å²) in [5.41, 5.74) is 5.63. The molecule has 0 spiro atoms. The first-order valence-electron chi connectivity index (χ1n) is 7.66. The van der Waals surface area contributed by atoms with Crippen LogP contribution in [0.3, 0.4) is 0 Å². The van der Waals surface area contributed by atoms with Gasteiger partial charge in [-0.2, -0.15) is 0 Å². The Kier molecular flexibility index (Phi) is 2.37. The highest BCUT2D eigenvalue weighted by Crippen LogP contribution is 2.40. The molecule has 0 aliphatic carbocycles. The summed E-state index contributed by atoms with van der Waals surface area (Å²) < 4.78 is 14.4. The second-order valence-electron chi connectivity index (χ2n) is 6.02. The molecule has 23 heavy (non-hydrogen) atoms. The average Bonchev–Trinajstić information content (AvgIpc) is 3.21. The minimum atomic E-state index is -0.0415. The van der Waals surface area contributed by atoms with Crippen LogP contribution in [-0.2, 0) is 0 Å². The van der Waals surface area contributed by atoms with E-state index in [1.807, 2.05) is 43.7 Å². The lowest BCUT2D eigenvalue weighted by molar-refractivity contribution is -0.533. The van der Waals surface area contributed by atoms with E-state index in [0.29, 0.717) is 0 Å². The van der Waals surface area contributed by atoms with E-state index in [1.54, 1.807) is 0 Å². The van der Waals surface area contributed by atoms with Gasteiger partial charge in [0.15, 0.2) is 23.0 Å². The van der Waals surface area contributed by atoms with Gasteiger partial charge in [-0.05, 0) is 30.7 Å². The summed E-state index contributed by atoms with van der Waals surface area (Å²) in [6.07, 6.45) is 3.77. The molecule has 1 aliphatic heterocycles. The van der Waals surface area contributed by atoms with Gasteiger partial charge in [0.05, 0.1) is 22.6 Å². The van der Waals surface area contributed by atoms with Crippen molar-refractivity contribution in [1.29, 1.82) is 0 Å². The van der Waals surface area contributed by atoms with Crippen LogP contribution in [0.15, 0.2) is 50.2 Å². The quantitative estimate of drug-likeness (QED) is 0.488. The van der Waals surface area contributed by atoms with Crippen LogP contribution in [0.5, 0.6) is 0 Å². The summed E-state index contributed by atoms with van der Waals surface area (Å²) in [5.74, 6) is 0. The van der Waals surface area contributed by atoms with Crippen LogP contribution < -0.4 is 0 Å². The fourth-order valence-corrected chi connectivity index (χ4v) is 3.40. The van der Waals surface area contributed by atoms with Crippen molar-refractivity contribution in [2.45, 2.75) is 13.1 Å². The number of para-hydroxylation sites is 1. The monoisotopic (exact) mass is 303 g/mol. The van der Waals surface area contributed by atoms with Crippen LogP contribution in [0.1, 0.15) is 17.3 Å². The minimum Gasteiger partial charge on any atom is -0.452 e. The van der Waals surface area contributed by atoms with Gasteiger partial charge < -0.3 is 8.83 Å². The molecule has 1 aliphatic rings. The Hall–Kier alpha value is -2.88. The van der Waals surface area contributed by atoms with Gasteiger partial charge in [-0.25, -0.2) is 9.57 Å². The summed E-state index contributed by atoms with van der Waals surface area (Å²) in [5, 5.41) is 2.02. The number of hydrogen-bond acceptors (Lipinski definition) is 3. The summed E-state index contributed by atoms with van der Waals surface area (Å²) >= 11 is 0. The topological polar surface area (TPSA) is 41.6 Å². The minimum absolute atomic E-state index is 0.0415. The third-order valence-corrected chi connectivity index (χ3v) is 4.59. The Morgan fingerprint density at radius 3 is 2.61 bits per heavy atom. The molecule has 0 bridgehead atoms. The van der Waals surface area contributed by atoms with E-state index >= 15 is 0 Å². The van der Waals surface area contributed by atoms with Gasteiger partial charge in [0.25, 0.3) is 6.17 Å². The lowest BCUT2D eigenvalue weighted by Gasteiger charge is -2.09. The molecule has 1 atom stereocenters. The first-order valence-corrected chi connectivity index (χ1v) is 7.66. The average molecular weight is 303 g/mol. The first kappa shape index (κ1) is 12.6. The molecule has 0 radical (unpaired) electrons. The summed E-state index contributed by atoms with van der Waals surface area (Å²) in [6.45, 7) is 2.10. The molecule has 112 valence electrons. The molecule has 2 aromatic heterocycles. The first-order chi connectivity index (χ1) is 11.2. The highest BCUT2D eigenvalue weighted by atomic mass is 16.4. The van der Waals surface area contributed by atoms with Gasteiger partial charge in [-0.1, -0.05) is 18.2 Å². The van der Waals surface area contributed by atoms with Gasteiger partial charge in [0, 0.05) is 0 Å². The van der Waals surface area contributed by atoms with Gasteiger partial charge >= 0.3 is 0 Å². The number of furan rings is 2. The lowest BCUT2D eigenvalue weighted by atomic mass is 10.0. The van der Waals surface area contributed by atoms with Crippen molar-refractivity contribution in [2.24, 2.45) is 4.99 Å². The Morgan fingerprint density at radius 2 is 1.78 bits per heavy atom. The maximum absolute atomic E-state index is 6.27. The van der Waals surface area contributed by atoms with Crippen LogP contribution in [0, 0.1) is 6.92 Å². The fraction of sp³-hybridized carbons (Fsp3) is 0.158. The largest absolute Gasteiger partial charge is 0.452 e. The SMILES string of the molecule is Cc1ccc2c(oc3c4ccccc4oc23)c1C1N=CC=[N+]1C. The highest BCUT2D eigenvalue weighted by Gasteiger charge is 2.29. The molecular weight excluding hydrogens is 288 g/mol. The van der Waals surface area contributed by atoms with E-state index < -0.39 is 0 Å². The molecule has 0 N–H and O–H groups in total. The maximum atomic E-state index is 6.27. The van der Waals surface area contributed by atoms with E-state index in [4.69, 9.17) is 8.83 Å². The number of nitrogens with zero attached hydrogens (tertiary/aromatic N) is 2. The van der Waals surface area contributed by atoms with E-state index in [0.717, 1.165) is 38.7 Å². The zero-order valence-electron chi connectivity index (χ0n) is 12.9. The number of aliphatic imine (C=N–C) groups is 1. The zero-order valence-corrected chi connectivity index (χ0v) is 12.9. The van der Waals surface area contributed by atoms with E-state index in [2.05, 4.69) is 28.6 Å². The molecule has 4 nitrogen and oxygen atoms in total. The third-order valence-electron chi connectivity index (χ3n) is 4.59. The van der Waals surface area contributed by atoms with Crippen LogP contribution in [0.4, 0.5) is 0 Å². The summed E-state index contributed by atoms with van der Waals surface area (Å²) in [4.78, 5) is 4.57. The molecular formula is C19H15N2O2+. The molecule has 1 unspecified atom stereocenters. The molecule has 2 aromatic carbocycles. The van der Waals surface area contributed by atoms with Crippen molar-refractivity contribution in [3.63, 3.8) is 0 Å². The van der Waals surface area contributed by atoms with Crippen molar-refractivity contribution in [3.8, 4) is 0 Å². The maximum Gasteiger partial charge on any atom is 0.275 e. The molecule has 4 aromatic rings. The Labute approximate surface area is 132 Å². The summed E-state index contributed by atoms with van der Waals surface area (Å²) in [6, 6.07) is 12.2. The number of hydrogen-bond donors (Lipinski definition) is 0. The molecule has 0 amide bonds. The van der Waals surface area contributed by atoms with E-state index in [-0.39, 0.29) is 6.17 Å². The molecule has 4 heteroatoms. The molecule has 0 fully saturated rings. The fourth-order valence-electron chi connectivity index (χ4n) is 3.40. The van der Waals surface area contributed by atoms with Gasteiger partial charge in [-0.3, -0.25) is 0 Å². The molecule has 0 saturated heterocycles. The third kappa shape index (κ3) is 1.60. The smallest absolute Gasteiger partial charge is 0.275 e. The lowest BCUT2D eigenvalue weighted by Crippen LogP contribution is -2.10. The zero-order chi connectivity index (χ0) is 15.6. The predicted molar refractivity (Wildman–Crippen MR) is 91.7 cm³/mol. The van der Waals surface area contributed by atoms with Gasteiger partial charge in [0.2, 0.25) is 0 Å². The molecule has 0 saturated carbocycles. The highest BCUT2D eigenvalue weighted by molar-refractivity contribution is 6.15. The van der Waals surface area contributed by atoms with Crippen molar-refractivity contribution < 1.29 is 13.4 Å². The van der Waals surface area contributed by atoms with Crippen LogP contribution in [0.25, 0.3) is 33.1 Å². The van der Waals surface area contributed by atoms with Gasteiger partial charge in [0.1, 0.15) is 12.6 Å². The summed E-state index contributed by atoms with van der Waals surface area (Å²) in [7, 11) is 2.03. The van der Waals surface area contributed by atoms with Gasteiger partial charge in [-0.15, -0.1) is 0 Å². The normalized spacial score (nSPS) is 17.7. The van der Waals surface area contributed by atoms with E-state index in [1.165, 1.54) is 5.56 Å². The van der Waals surface area contributed by atoms with Crippen molar-refractivity contribution in [2.75, 3.05) is 7.05 Å². The number of benzene rings is 2. The standard InChI is InChI=1S/C19H15N2O2/c1-11-7-8-13-16(15(11)19-20-9-10-21(19)2)23-17-12-5-3-4-6-14(12)22-18(13)17/h3-10,19H,1-2H3/q+1. The van der Waals surface area contributed by atoms with Crippen LogP contribution in [-0.4, -0.2) is 24.1 Å². The van der Waals surface area contributed by atoms with Crippen molar-refractivity contribution in [3.05, 3.63) is 47.5 Å². The van der Waals surface area contributed by atoms with E-state index in [9.17, 15) is 0 Å². The number of fused-ring (bicyclic) bond motifs is 5.